The van der Waals surface area contributed by atoms with Gasteiger partial charge in [-0.3, -0.25) is 4.79 Å². The van der Waals surface area contributed by atoms with Crippen LogP contribution in [0, 0.1) is 5.92 Å². The number of anilines is 2. The van der Waals surface area contributed by atoms with E-state index in [4.69, 9.17) is 4.98 Å². The summed E-state index contributed by atoms with van der Waals surface area (Å²) >= 11 is 1.55. The molecule has 2 aromatic rings. The van der Waals surface area contributed by atoms with E-state index >= 15 is 0 Å². The zero-order valence-electron chi connectivity index (χ0n) is 15.9. The van der Waals surface area contributed by atoms with Crippen molar-refractivity contribution >= 4 is 28.2 Å². The highest BCUT2D eigenvalue weighted by atomic mass is 32.1. The van der Waals surface area contributed by atoms with Gasteiger partial charge in [0.1, 0.15) is 10.8 Å². The first-order valence-corrected chi connectivity index (χ1v) is 10.9. The van der Waals surface area contributed by atoms with Crippen LogP contribution in [0.25, 0.3) is 0 Å². The Hall–Kier alpha value is -2.02. The second-order valence-electron chi connectivity index (χ2n) is 7.45. The molecule has 27 heavy (non-hydrogen) atoms. The van der Waals surface area contributed by atoms with Gasteiger partial charge in [0.15, 0.2) is 0 Å². The van der Waals surface area contributed by atoms with Crippen molar-refractivity contribution in [3.8, 4) is 0 Å². The Labute approximate surface area is 164 Å². The van der Waals surface area contributed by atoms with Crippen LogP contribution in [0.1, 0.15) is 68.6 Å². The number of rotatable bonds is 5. The number of aryl methyl sites for hydroxylation is 1. The van der Waals surface area contributed by atoms with Gasteiger partial charge in [-0.05, 0) is 44.2 Å². The Balaban J connectivity index is 1.49. The molecule has 0 unspecified atom stereocenters. The molecule has 6 nitrogen and oxygen atoms in total. The Bertz CT molecular complexity index is 786. The minimum atomic E-state index is 0.0989. The molecule has 144 valence electrons. The van der Waals surface area contributed by atoms with Crippen molar-refractivity contribution < 1.29 is 4.79 Å². The fourth-order valence-electron chi connectivity index (χ4n) is 4.19. The van der Waals surface area contributed by atoms with E-state index in [1.165, 1.54) is 19.3 Å². The molecular weight excluding hydrogens is 358 g/mol. The van der Waals surface area contributed by atoms with Crippen LogP contribution in [-0.4, -0.2) is 32.5 Å². The standard InChI is InChI=1S/C20H27N5OS/c1-2-18-23-24-20(27-18)22-17-12-6-10-15(21-17)16-11-7-13-25(16)19(26)14-8-4-3-5-9-14/h6,10,12,14,16H,2-5,7-9,11,13H2,1H3,(H,21,22,24)/t16-/m0/s1. The molecule has 2 aliphatic rings. The smallest absolute Gasteiger partial charge is 0.226 e. The quantitative estimate of drug-likeness (QED) is 0.821. The molecule has 0 aromatic carbocycles. The van der Waals surface area contributed by atoms with Gasteiger partial charge in [-0.2, -0.15) is 0 Å². The number of carbonyl (C=O) groups excluding carboxylic acids is 1. The van der Waals surface area contributed by atoms with E-state index in [0.717, 1.165) is 60.3 Å². The van der Waals surface area contributed by atoms with Crippen LogP contribution in [0.2, 0.25) is 0 Å². The highest BCUT2D eigenvalue weighted by Crippen LogP contribution is 2.35. The van der Waals surface area contributed by atoms with Gasteiger partial charge >= 0.3 is 0 Å². The summed E-state index contributed by atoms with van der Waals surface area (Å²) in [5.74, 6) is 1.33. The molecule has 4 rings (SSSR count). The Morgan fingerprint density at radius 2 is 2.04 bits per heavy atom. The van der Waals surface area contributed by atoms with Crippen molar-refractivity contribution in [2.24, 2.45) is 5.92 Å². The molecule has 1 N–H and O–H groups in total. The lowest BCUT2D eigenvalue weighted by atomic mass is 9.88. The molecule has 0 bridgehead atoms. The molecule has 7 heteroatoms. The van der Waals surface area contributed by atoms with Gasteiger partial charge in [0, 0.05) is 12.5 Å². The molecule has 1 aliphatic carbocycles. The number of nitrogens with one attached hydrogen (secondary N) is 1. The average molecular weight is 386 g/mol. The summed E-state index contributed by atoms with van der Waals surface area (Å²) in [7, 11) is 0. The number of nitrogens with zero attached hydrogens (tertiary/aromatic N) is 4. The second-order valence-corrected chi connectivity index (χ2v) is 8.51. The minimum absolute atomic E-state index is 0.0989. The summed E-state index contributed by atoms with van der Waals surface area (Å²) in [6.45, 7) is 2.93. The van der Waals surface area contributed by atoms with Crippen LogP contribution in [0.4, 0.5) is 10.9 Å². The van der Waals surface area contributed by atoms with Crippen molar-refractivity contribution in [3.63, 3.8) is 0 Å². The van der Waals surface area contributed by atoms with Gasteiger partial charge in [0.05, 0.1) is 11.7 Å². The van der Waals surface area contributed by atoms with Crippen LogP contribution in [0.5, 0.6) is 0 Å². The Morgan fingerprint density at radius 1 is 1.19 bits per heavy atom. The topological polar surface area (TPSA) is 71.0 Å². The van der Waals surface area contributed by atoms with Crippen molar-refractivity contribution in [1.29, 1.82) is 0 Å². The normalized spacial score (nSPS) is 20.8. The zero-order chi connectivity index (χ0) is 18.6. The van der Waals surface area contributed by atoms with E-state index in [0.29, 0.717) is 5.91 Å². The van der Waals surface area contributed by atoms with E-state index in [2.05, 4.69) is 27.3 Å². The van der Waals surface area contributed by atoms with Crippen LogP contribution in [0.3, 0.4) is 0 Å². The van der Waals surface area contributed by atoms with E-state index in [-0.39, 0.29) is 12.0 Å². The lowest BCUT2D eigenvalue weighted by molar-refractivity contribution is -0.137. The molecule has 3 heterocycles. The summed E-state index contributed by atoms with van der Waals surface area (Å²) in [4.78, 5) is 19.9. The number of hydrogen-bond acceptors (Lipinski definition) is 6. The summed E-state index contributed by atoms with van der Waals surface area (Å²) in [5.41, 5.74) is 0.974. The van der Waals surface area contributed by atoms with Crippen LogP contribution < -0.4 is 5.32 Å². The van der Waals surface area contributed by atoms with Gasteiger partial charge in [-0.25, -0.2) is 4.98 Å². The van der Waals surface area contributed by atoms with E-state index in [9.17, 15) is 4.79 Å². The SMILES string of the molecule is CCc1nnc(Nc2cccc([C@@H]3CCCN3C(=O)C3CCCCC3)n2)s1. The molecule has 1 saturated heterocycles. The first-order valence-electron chi connectivity index (χ1n) is 10.1. The third-order valence-electron chi connectivity index (χ3n) is 5.61. The first kappa shape index (κ1) is 18.3. The number of likely N-dealkylation sites (tertiary alicyclic amines) is 1. The lowest BCUT2D eigenvalue weighted by Gasteiger charge is -2.30. The predicted octanol–water partition coefficient (Wildman–Crippen LogP) is 4.48. The number of amides is 1. The third kappa shape index (κ3) is 4.13. The van der Waals surface area contributed by atoms with E-state index in [1.807, 2.05) is 18.2 Å². The maximum absolute atomic E-state index is 13.1. The largest absolute Gasteiger partial charge is 0.334 e. The van der Waals surface area contributed by atoms with Gasteiger partial charge in [-0.1, -0.05) is 43.6 Å². The minimum Gasteiger partial charge on any atom is -0.334 e. The average Bonchev–Trinajstić information content (AvgIpc) is 3.38. The molecule has 0 radical (unpaired) electrons. The fraction of sp³-hybridized carbons (Fsp3) is 0.600. The zero-order valence-corrected chi connectivity index (χ0v) is 16.7. The third-order valence-corrected chi connectivity index (χ3v) is 6.59. The van der Waals surface area contributed by atoms with E-state index in [1.54, 1.807) is 11.3 Å². The Kier molecular flexibility index (Phi) is 5.66. The number of hydrogen-bond donors (Lipinski definition) is 1. The van der Waals surface area contributed by atoms with Crippen molar-refractivity contribution in [2.45, 2.75) is 64.3 Å². The van der Waals surface area contributed by atoms with Gasteiger partial charge in [-0.15, -0.1) is 10.2 Å². The molecule has 1 saturated carbocycles. The lowest BCUT2D eigenvalue weighted by Crippen LogP contribution is -2.36. The summed E-state index contributed by atoms with van der Waals surface area (Å²) in [6, 6.07) is 6.09. The number of aromatic nitrogens is 3. The molecule has 1 atom stereocenters. The molecule has 0 spiro atoms. The van der Waals surface area contributed by atoms with Crippen molar-refractivity contribution in [2.75, 3.05) is 11.9 Å². The maximum atomic E-state index is 13.1. The van der Waals surface area contributed by atoms with E-state index < -0.39 is 0 Å². The molecule has 2 aromatic heterocycles. The van der Waals surface area contributed by atoms with Crippen LogP contribution in [0.15, 0.2) is 18.2 Å². The summed E-state index contributed by atoms with van der Waals surface area (Å²) in [6.07, 6.45) is 8.68. The fourth-order valence-corrected chi connectivity index (χ4v) is 4.87. The Morgan fingerprint density at radius 3 is 2.81 bits per heavy atom. The second kappa shape index (κ2) is 8.33. The predicted molar refractivity (Wildman–Crippen MR) is 107 cm³/mol. The monoisotopic (exact) mass is 385 g/mol. The summed E-state index contributed by atoms with van der Waals surface area (Å²) in [5, 5.41) is 13.3. The van der Waals surface area contributed by atoms with Gasteiger partial charge in [0.25, 0.3) is 0 Å². The van der Waals surface area contributed by atoms with Gasteiger partial charge < -0.3 is 10.2 Å². The molecule has 1 amide bonds. The number of pyridine rings is 1. The first-order chi connectivity index (χ1) is 13.2. The van der Waals surface area contributed by atoms with Crippen LogP contribution >= 0.6 is 11.3 Å². The van der Waals surface area contributed by atoms with Crippen LogP contribution in [-0.2, 0) is 11.2 Å². The highest BCUT2D eigenvalue weighted by molar-refractivity contribution is 7.15. The molecule has 1 aliphatic heterocycles. The highest BCUT2D eigenvalue weighted by Gasteiger charge is 2.35. The maximum Gasteiger partial charge on any atom is 0.226 e. The van der Waals surface area contributed by atoms with Crippen molar-refractivity contribution in [3.05, 3.63) is 28.9 Å². The van der Waals surface area contributed by atoms with Gasteiger partial charge in [0.2, 0.25) is 11.0 Å². The van der Waals surface area contributed by atoms with Crippen molar-refractivity contribution in [1.82, 2.24) is 20.1 Å². The molecule has 2 fully saturated rings. The summed E-state index contributed by atoms with van der Waals surface area (Å²) < 4.78 is 0. The number of carbonyl (C=O) groups is 1. The molecular formula is C20H27N5OS.